The van der Waals surface area contributed by atoms with Crippen LogP contribution >= 0.6 is 0 Å². The lowest BCUT2D eigenvalue weighted by Crippen LogP contribution is -2.41. The maximum atomic E-state index is 14.7. The van der Waals surface area contributed by atoms with E-state index in [1.807, 2.05) is 27.7 Å². The molecule has 1 aromatic carbocycles. The summed E-state index contributed by atoms with van der Waals surface area (Å²) in [6.45, 7) is 7.49. The van der Waals surface area contributed by atoms with Gasteiger partial charge in [-0.2, -0.15) is 0 Å². The van der Waals surface area contributed by atoms with Crippen LogP contribution in [0.25, 0.3) is 6.08 Å². The molecule has 7 heteroatoms. The Morgan fingerprint density at radius 1 is 0.917 bits per heavy atom. The van der Waals surface area contributed by atoms with Crippen molar-refractivity contribution in [2.75, 3.05) is 21.3 Å². The molecule has 0 amide bonds. The van der Waals surface area contributed by atoms with Crippen LogP contribution in [0, 0.1) is 0 Å². The minimum Gasteiger partial charge on any atom is -0.496 e. The zero-order valence-corrected chi connectivity index (χ0v) is 15.2. The summed E-state index contributed by atoms with van der Waals surface area (Å²) < 4.78 is 41.9. The van der Waals surface area contributed by atoms with E-state index in [0.717, 1.165) is 0 Å². The minimum absolute atomic E-state index is 0.458. The van der Waals surface area contributed by atoms with E-state index >= 15 is 0 Å². The van der Waals surface area contributed by atoms with Crippen molar-refractivity contribution in [1.29, 1.82) is 0 Å². The predicted molar refractivity (Wildman–Crippen MR) is 91.3 cm³/mol. The van der Waals surface area contributed by atoms with Crippen LogP contribution < -0.4 is 14.2 Å². The van der Waals surface area contributed by atoms with Crippen LogP contribution in [0.2, 0.25) is 0 Å². The Bertz CT molecular complexity index is 626. The van der Waals surface area contributed by atoms with E-state index in [0.29, 0.717) is 22.8 Å². The number of ether oxygens (including phenoxy) is 3. The second-order valence-corrected chi connectivity index (χ2v) is 6.57. The average molecular weight is 338 g/mol. The number of hydrogen-bond acceptors (Lipinski definition) is 5. The molecule has 1 saturated heterocycles. The lowest BCUT2D eigenvalue weighted by atomic mass is 9.86. The lowest BCUT2D eigenvalue weighted by Gasteiger charge is -2.32. The van der Waals surface area contributed by atoms with E-state index < -0.39 is 24.0 Å². The van der Waals surface area contributed by atoms with Gasteiger partial charge < -0.3 is 23.5 Å². The van der Waals surface area contributed by atoms with Crippen molar-refractivity contribution in [3.63, 3.8) is 0 Å². The van der Waals surface area contributed by atoms with Crippen LogP contribution in [0.15, 0.2) is 17.9 Å². The summed E-state index contributed by atoms with van der Waals surface area (Å²) in [6.07, 6.45) is 1.32. The number of hydrogen-bond donors (Lipinski definition) is 0. The quantitative estimate of drug-likeness (QED) is 0.767. The summed E-state index contributed by atoms with van der Waals surface area (Å²) in [6, 6.07) is 3.28. The second-order valence-electron chi connectivity index (χ2n) is 6.57. The Morgan fingerprint density at radius 3 is 1.83 bits per heavy atom. The van der Waals surface area contributed by atoms with E-state index in [2.05, 4.69) is 0 Å². The summed E-state index contributed by atoms with van der Waals surface area (Å²) in [5.74, 6) is 1.44. The van der Waals surface area contributed by atoms with Crippen molar-refractivity contribution in [2.45, 2.75) is 38.9 Å². The molecule has 0 unspecified atom stereocenters. The van der Waals surface area contributed by atoms with Crippen molar-refractivity contribution < 1.29 is 27.9 Å². The second kappa shape index (κ2) is 6.65. The highest BCUT2D eigenvalue weighted by atomic mass is 19.1. The fourth-order valence-corrected chi connectivity index (χ4v) is 2.34. The predicted octanol–water partition coefficient (Wildman–Crippen LogP) is 3.65. The normalized spacial score (nSPS) is 19.3. The third kappa shape index (κ3) is 3.37. The van der Waals surface area contributed by atoms with Gasteiger partial charge in [0.05, 0.1) is 32.5 Å². The van der Waals surface area contributed by atoms with Crippen molar-refractivity contribution in [3.05, 3.63) is 23.4 Å². The molecule has 1 fully saturated rings. The Hall–Kier alpha value is -1.73. The maximum Gasteiger partial charge on any atom is 0.525 e. The number of methoxy groups -OCH3 is 3. The van der Waals surface area contributed by atoms with Gasteiger partial charge in [-0.3, -0.25) is 0 Å². The van der Waals surface area contributed by atoms with Crippen LogP contribution in [-0.2, 0) is 9.31 Å². The lowest BCUT2D eigenvalue weighted by molar-refractivity contribution is 0.00578. The van der Waals surface area contributed by atoms with E-state index in [9.17, 15) is 4.39 Å². The van der Waals surface area contributed by atoms with Gasteiger partial charge >= 0.3 is 7.12 Å². The van der Waals surface area contributed by atoms with Gasteiger partial charge in [0.25, 0.3) is 0 Å². The van der Waals surface area contributed by atoms with Gasteiger partial charge in [0, 0.05) is 11.6 Å². The Labute approximate surface area is 142 Å². The fraction of sp³-hybridized carbons (Fsp3) is 0.529. The SMILES string of the molecule is COc1cc(OC)c(OC)cc1C=C(F)B1OC(C)(C)C(C)(C)O1. The van der Waals surface area contributed by atoms with Gasteiger partial charge in [0.2, 0.25) is 0 Å². The highest BCUT2D eigenvalue weighted by Crippen LogP contribution is 2.40. The molecular weight excluding hydrogens is 314 g/mol. The van der Waals surface area contributed by atoms with E-state index in [1.165, 1.54) is 27.4 Å². The maximum absolute atomic E-state index is 14.7. The Balaban J connectivity index is 2.37. The smallest absolute Gasteiger partial charge is 0.496 e. The summed E-state index contributed by atoms with van der Waals surface area (Å²) in [7, 11) is 3.48. The zero-order chi connectivity index (χ0) is 18.1. The Morgan fingerprint density at radius 2 is 1.38 bits per heavy atom. The van der Waals surface area contributed by atoms with Gasteiger partial charge in [-0.25, -0.2) is 4.39 Å². The van der Waals surface area contributed by atoms with Gasteiger partial charge in [-0.05, 0) is 39.8 Å². The van der Waals surface area contributed by atoms with Gasteiger partial charge in [0.1, 0.15) is 11.5 Å². The molecule has 0 saturated carbocycles. The summed E-state index contributed by atoms with van der Waals surface area (Å²) >= 11 is 0. The molecule has 0 aliphatic carbocycles. The van der Waals surface area contributed by atoms with Crippen molar-refractivity contribution in [1.82, 2.24) is 0 Å². The zero-order valence-electron chi connectivity index (χ0n) is 15.2. The van der Waals surface area contributed by atoms with E-state index in [4.69, 9.17) is 23.5 Å². The average Bonchev–Trinajstić information content (AvgIpc) is 2.75. The van der Waals surface area contributed by atoms with E-state index in [1.54, 1.807) is 12.1 Å². The summed E-state index contributed by atoms with van der Waals surface area (Å²) in [5, 5.41) is 0. The van der Waals surface area contributed by atoms with Crippen molar-refractivity contribution in [2.24, 2.45) is 0 Å². The van der Waals surface area contributed by atoms with Gasteiger partial charge in [-0.15, -0.1) is 0 Å². The number of benzene rings is 1. The third-order valence-electron chi connectivity index (χ3n) is 4.51. The molecule has 2 rings (SSSR count). The first-order chi connectivity index (χ1) is 11.1. The summed E-state index contributed by atoms with van der Waals surface area (Å²) in [4.78, 5) is 0. The molecule has 0 spiro atoms. The molecule has 1 aliphatic heterocycles. The minimum atomic E-state index is -1.06. The van der Waals surface area contributed by atoms with Gasteiger partial charge in [0.15, 0.2) is 11.5 Å². The first-order valence-electron chi connectivity index (χ1n) is 7.68. The Kier molecular flexibility index (Phi) is 5.15. The fourth-order valence-electron chi connectivity index (χ4n) is 2.34. The standard InChI is InChI=1S/C17H24BFO5/c1-16(2)17(3,4)24-18(23-16)15(19)9-11-8-13(21-6)14(22-7)10-12(11)20-5/h8-10H,1-7H3. The number of rotatable bonds is 5. The topological polar surface area (TPSA) is 46.2 Å². The third-order valence-corrected chi connectivity index (χ3v) is 4.51. The molecule has 0 atom stereocenters. The number of halogens is 1. The first-order valence-corrected chi connectivity index (χ1v) is 7.68. The summed E-state index contributed by atoms with van der Waals surface area (Å²) in [5.41, 5.74) is -1.25. The molecule has 5 nitrogen and oxygen atoms in total. The molecule has 1 aliphatic rings. The molecule has 0 bridgehead atoms. The monoisotopic (exact) mass is 338 g/mol. The van der Waals surface area contributed by atoms with Crippen LogP contribution in [0.5, 0.6) is 17.2 Å². The molecule has 24 heavy (non-hydrogen) atoms. The van der Waals surface area contributed by atoms with Crippen molar-refractivity contribution >= 4 is 13.2 Å². The van der Waals surface area contributed by atoms with Crippen LogP contribution in [-0.4, -0.2) is 39.6 Å². The largest absolute Gasteiger partial charge is 0.525 e. The first kappa shape index (κ1) is 18.6. The van der Waals surface area contributed by atoms with Gasteiger partial charge in [-0.1, -0.05) is 0 Å². The molecule has 1 heterocycles. The molecule has 0 N–H and O–H groups in total. The molecule has 1 aromatic rings. The van der Waals surface area contributed by atoms with Crippen LogP contribution in [0.4, 0.5) is 4.39 Å². The van der Waals surface area contributed by atoms with E-state index in [-0.39, 0.29) is 0 Å². The highest BCUT2D eigenvalue weighted by Gasteiger charge is 2.53. The highest BCUT2D eigenvalue weighted by molar-refractivity contribution is 6.54. The van der Waals surface area contributed by atoms with Crippen LogP contribution in [0.1, 0.15) is 33.3 Å². The molecule has 132 valence electrons. The molecular formula is C17H24BFO5. The molecule has 0 aromatic heterocycles. The molecule has 0 radical (unpaired) electrons. The van der Waals surface area contributed by atoms with Crippen LogP contribution in [0.3, 0.4) is 0 Å². The van der Waals surface area contributed by atoms with Crippen molar-refractivity contribution in [3.8, 4) is 17.2 Å².